The van der Waals surface area contributed by atoms with Crippen molar-refractivity contribution >= 4 is 11.8 Å². The Kier molecular flexibility index (Phi) is 6.42. The minimum atomic E-state index is -0.443. The molecule has 0 saturated heterocycles. The fourth-order valence-corrected chi connectivity index (χ4v) is 3.56. The predicted octanol–water partition coefficient (Wildman–Crippen LogP) is 4.08. The maximum Gasteiger partial charge on any atom is 0.312 e. The zero-order valence-corrected chi connectivity index (χ0v) is 17.2. The van der Waals surface area contributed by atoms with Crippen molar-refractivity contribution in [1.29, 1.82) is 0 Å². The molecule has 1 atom stereocenters. The Balaban J connectivity index is 2.05. The summed E-state index contributed by atoms with van der Waals surface area (Å²) in [5.41, 5.74) is 3.48. The molecule has 0 aliphatic heterocycles. The van der Waals surface area contributed by atoms with Gasteiger partial charge in [-0.25, -0.2) is 0 Å². The number of hydrogen-bond donors (Lipinski definition) is 0. The lowest BCUT2D eigenvalue weighted by atomic mass is 9.95. The molecule has 1 aliphatic rings. The Morgan fingerprint density at radius 2 is 1.76 bits per heavy atom. The fraction of sp³-hybridized carbons (Fsp3) is 0.391. The van der Waals surface area contributed by atoms with Crippen LogP contribution in [0.25, 0.3) is 11.1 Å². The largest absolute Gasteiger partial charge is 0.493 e. The first-order chi connectivity index (χ1) is 14.0. The highest BCUT2D eigenvalue weighted by Gasteiger charge is 2.26. The molecule has 3 rings (SSSR count). The van der Waals surface area contributed by atoms with Crippen LogP contribution in [-0.4, -0.2) is 39.2 Å². The second-order valence-corrected chi connectivity index (χ2v) is 6.90. The number of benzene rings is 2. The van der Waals surface area contributed by atoms with Crippen LogP contribution in [0.2, 0.25) is 0 Å². The van der Waals surface area contributed by atoms with E-state index in [0.717, 1.165) is 22.3 Å². The molecule has 0 bridgehead atoms. The molecule has 6 heteroatoms. The van der Waals surface area contributed by atoms with E-state index in [0.29, 0.717) is 36.7 Å². The van der Waals surface area contributed by atoms with Gasteiger partial charge < -0.3 is 18.9 Å². The number of rotatable bonds is 8. The molecule has 0 aromatic heterocycles. The summed E-state index contributed by atoms with van der Waals surface area (Å²) >= 11 is 0. The molecule has 154 valence electrons. The highest BCUT2D eigenvalue weighted by molar-refractivity contribution is 6.02. The Hall–Kier alpha value is -3.02. The summed E-state index contributed by atoms with van der Waals surface area (Å²) in [5, 5.41) is 0. The van der Waals surface area contributed by atoms with Gasteiger partial charge in [0.05, 0.1) is 26.7 Å². The van der Waals surface area contributed by atoms with E-state index in [9.17, 15) is 9.59 Å². The molecule has 0 spiro atoms. The summed E-state index contributed by atoms with van der Waals surface area (Å²) < 4.78 is 22.1. The smallest absolute Gasteiger partial charge is 0.312 e. The quantitative estimate of drug-likeness (QED) is 0.624. The fourth-order valence-electron chi connectivity index (χ4n) is 3.56. The number of esters is 1. The van der Waals surface area contributed by atoms with Gasteiger partial charge in [0, 0.05) is 17.5 Å². The SMILES string of the molecule is CCOC(=O)[C@H](C)COc1c(-c2cccc3c2CCC3=O)ccc(OC)c1OC. The highest BCUT2D eigenvalue weighted by atomic mass is 16.5. The highest BCUT2D eigenvalue weighted by Crippen LogP contribution is 2.46. The van der Waals surface area contributed by atoms with E-state index in [1.54, 1.807) is 28.1 Å². The lowest BCUT2D eigenvalue weighted by molar-refractivity contribution is -0.148. The molecule has 2 aromatic carbocycles. The van der Waals surface area contributed by atoms with Gasteiger partial charge in [-0.2, -0.15) is 0 Å². The van der Waals surface area contributed by atoms with Crippen molar-refractivity contribution in [2.24, 2.45) is 5.92 Å². The summed E-state index contributed by atoms with van der Waals surface area (Å²) in [6, 6.07) is 9.41. The molecule has 2 aromatic rings. The molecule has 0 radical (unpaired) electrons. The van der Waals surface area contributed by atoms with Crippen LogP contribution >= 0.6 is 0 Å². The minimum absolute atomic E-state index is 0.128. The van der Waals surface area contributed by atoms with E-state index in [-0.39, 0.29) is 18.4 Å². The van der Waals surface area contributed by atoms with Gasteiger partial charge in [-0.3, -0.25) is 9.59 Å². The van der Waals surface area contributed by atoms with Gasteiger partial charge in [0.1, 0.15) is 6.61 Å². The normalized spacial score (nSPS) is 13.6. The summed E-state index contributed by atoms with van der Waals surface area (Å²) in [4.78, 5) is 24.2. The Labute approximate surface area is 170 Å². The lowest BCUT2D eigenvalue weighted by Gasteiger charge is -2.20. The number of carbonyl (C=O) groups is 2. The van der Waals surface area contributed by atoms with Gasteiger partial charge in [0.15, 0.2) is 17.3 Å². The maximum absolute atomic E-state index is 12.2. The van der Waals surface area contributed by atoms with Crippen LogP contribution in [0, 0.1) is 5.92 Å². The molecule has 6 nitrogen and oxygen atoms in total. The lowest BCUT2D eigenvalue weighted by Crippen LogP contribution is -2.21. The first-order valence-corrected chi connectivity index (χ1v) is 9.71. The number of methoxy groups -OCH3 is 2. The average molecular weight is 398 g/mol. The molecular formula is C23H26O6. The standard InChI is InChI=1S/C23H26O6/c1-5-28-23(25)14(2)13-29-21-18(10-12-20(26-3)22(21)27-4)15-7-6-8-17-16(15)9-11-19(17)24/h6-8,10,12,14H,5,9,11,13H2,1-4H3/t14-/m1/s1. The number of fused-ring (bicyclic) bond motifs is 1. The number of ketones is 1. The zero-order chi connectivity index (χ0) is 21.0. The predicted molar refractivity (Wildman–Crippen MR) is 109 cm³/mol. The van der Waals surface area contributed by atoms with Gasteiger partial charge >= 0.3 is 5.97 Å². The second kappa shape index (κ2) is 8.99. The molecule has 0 saturated carbocycles. The molecule has 0 N–H and O–H groups in total. The second-order valence-electron chi connectivity index (χ2n) is 6.90. The van der Waals surface area contributed by atoms with Gasteiger partial charge in [-0.05, 0) is 43.5 Å². The van der Waals surface area contributed by atoms with E-state index in [1.807, 2.05) is 30.3 Å². The first kappa shape index (κ1) is 20.7. The molecule has 1 aliphatic carbocycles. The van der Waals surface area contributed by atoms with E-state index in [2.05, 4.69) is 0 Å². The number of carbonyl (C=O) groups excluding carboxylic acids is 2. The van der Waals surface area contributed by atoms with Crippen molar-refractivity contribution in [3.05, 3.63) is 41.5 Å². The minimum Gasteiger partial charge on any atom is -0.493 e. The third kappa shape index (κ3) is 4.06. The van der Waals surface area contributed by atoms with Crippen LogP contribution < -0.4 is 14.2 Å². The van der Waals surface area contributed by atoms with Gasteiger partial charge in [0.2, 0.25) is 5.75 Å². The summed E-state index contributed by atoms with van der Waals surface area (Å²) in [6.07, 6.45) is 1.20. The van der Waals surface area contributed by atoms with Gasteiger partial charge in [-0.15, -0.1) is 0 Å². The van der Waals surface area contributed by atoms with E-state index in [4.69, 9.17) is 18.9 Å². The van der Waals surface area contributed by atoms with Crippen molar-refractivity contribution in [3.8, 4) is 28.4 Å². The van der Waals surface area contributed by atoms with Crippen LogP contribution in [0.1, 0.15) is 36.2 Å². The molecule has 0 amide bonds. The topological polar surface area (TPSA) is 71.1 Å². The molecule has 0 fully saturated rings. The van der Waals surface area contributed by atoms with Crippen molar-refractivity contribution in [2.75, 3.05) is 27.4 Å². The van der Waals surface area contributed by atoms with Crippen molar-refractivity contribution in [3.63, 3.8) is 0 Å². The van der Waals surface area contributed by atoms with E-state index in [1.165, 1.54) is 0 Å². The molecule has 0 heterocycles. The number of hydrogen-bond acceptors (Lipinski definition) is 6. The molecule has 0 unspecified atom stereocenters. The van der Waals surface area contributed by atoms with Crippen molar-refractivity contribution in [2.45, 2.75) is 26.7 Å². The van der Waals surface area contributed by atoms with Crippen LogP contribution in [0.15, 0.2) is 30.3 Å². The molecule has 29 heavy (non-hydrogen) atoms. The summed E-state index contributed by atoms with van der Waals surface area (Å²) in [6.45, 7) is 3.97. The van der Waals surface area contributed by atoms with Gasteiger partial charge in [-0.1, -0.05) is 18.2 Å². The first-order valence-electron chi connectivity index (χ1n) is 9.71. The maximum atomic E-state index is 12.2. The van der Waals surface area contributed by atoms with Crippen LogP contribution in [0.3, 0.4) is 0 Å². The number of ether oxygens (including phenoxy) is 4. The average Bonchev–Trinajstić information content (AvgIpc) is 3.12. The zero-order valence-electron chi connectivity index (χ0n) is 17.2. The van der Waals surface area contributed by atoms with Gasteiger partial charge in [0.25, 0.3) is 0 Å². The Morgan fingerprint density at radius 3 is 2.45 bits per heavy atom. The summed E-state index contributed by atoms with van der Waals surface area (Å²) in [7, 11) is 3.10. The van der Waals surface area contributed by atoms with Crippen LogP contribution in [-0.2, 0) is 16.0 Å². The van der Waals surface area contributed by atoms with E-state index >= 15 is 0 Å². The summed E-state index contributed by atoms with van der Waals surface area (Å²) in [5.74, 6) is 0.849. The Bertz CT molecular complexity index is 918. The number of Topliss-reactive ketones (excluding diaryl/α,β-unsaturated/α-hetero) is 1. The molecular weight excluding hydrogens is 372 g/mol. The third-order valence-electron chi connectivity index (χ3n) is 5.04. The Morgan fingerprint density at radius 1 is 1.00 bits per heavy atom. The van der Waals surface area contributed by atoms with E-state index < -0.39 is 5.92 Å². The van der Waals surface area contributed by atoms with Crippen molar-refractivity contribution < 1.29 is 28.5 Å². The van der Waals surface area contributed by atoms with Crippen LogP contribution in [0.4, 0.5) is 0 Å². The van der Waals surface area contributed by atoms with Crippen LogP contribution in [0.5, 0.6) is 17.2 Å². The third-order valence-corrected chi connectivity index (χ3v) is 5.04. The van der Waals surface area contributed by atoms with Crippen molar-refractivity contribution in [1.82, 2.24) is 0 Å². The monoisotopic (exact) mass is 398 g/mol.